The average Bonchev–Trinajstić information content (AvgIpc) is 2.87. The van der Waals surface area contributed by atoms with E-state index in [9.17, 15) is 0 Å². The van der Waals surface area contributed by atoms with Gasteiger partial charge in [0.15, 0.2) is 7.26 Å². The van der Waals surface area contributed by atoms with Crippen molar-refractivity contribution in [3.8, 4) is 11.1 Å². The molecule has 0 unspecified atom stereocenters. The largest absolute Gasteiger partial charge is 0.244 e. The van der Waals surface area contributed by atoms with Gasteiger partial charge in [-0.05, 0) is 42.0 Å². The number of benzene rings is 4. The molecule has 5 rings (SSSR count). The fourth-order valence-corrected chi connectivity index (χ4v) is 8.44. The van der Waals surface area contributed by atoms with Gasteiger partial charge in [-0.25, -0.2) is 9.97 Å². The Morgan fingerprint density at radius 3 is 1.35 bits per heavy atom. The molecule has 0 spiro atoms. The Labute approximate surface area is 183 Å². The summed E-state index contributed by atoms with van der Waals surface area (Å²) in [6, 6.07) is 42.9. The monoisotopic (exact) mass is 417 g/mol. The van der Waals surface area contributed by atoms with Crippen LogP contribution < -0.4 is 21.3 Å². The molecule has 4 aromatic carbocycles. The Kier molecular flexibility index (Phi) is 5.39. The zero-order valence-electron chi connectivity index (χ0n) is 17.0. The molecule has 0 saturated heterocycles. The Morgan fingerprint density at radius 2 is 0.903 bits per heavy atom. The summed E-state index contributed by atoms with van der Waals surface area (Å²) in [6.07, 6.45) is 3.65. The molecule has 5 aromatic rings. The van der Waals surface area contributed by atoms with Crippen LogP contribution in [-0.2, 0) is 0 Å². The third kappa shape index (κ3) is 3.46. The van der Waals surface area contributed by atoms with Crippen molar-refractivity contribution >= 4 is 28.6 Å². The number of hydrogen-bond acceptors (Lipinski definition) is 2. The van der Waals surface area contributed by atoms with Crippen LogP contribution in [0.15, 0.2) is 134 Å². The SMILES string of the molecule is c1ccc(-c2cncnc2[P+](c2ccccc2)(c2ccccc2)c2ccccc2)cc1. The van der Waals surface area contributed by atoms with Crippen LogP contribution in [0, 0.1) is 0 Å². The molecule has 0 fully saturated rings. The summed E-state index contributed by atoms with van der Waals surface area (Å²) in [5, 5.41) is 3.84. The van der Waals surface area contributed by atoms with Crippen LogP contribution >= 0.6 is 7.26 Å². The number of hydrogen-bond donors (Lipinski definition) is 0. The normalized spacial score (nSPS) is 11.2. The lowest BCUT2D eigenvalue weighted by Crippen LogP contribution is -2.40. The summed E-state index contributed by atoms with van der Waals surface area (Å²) in [5.74, 6) is 0. The third-order valence-corrected chi connectivity index (χ3v) is 9.73. The van der Waals surface area contributed by atoms with Gasteiger partial charge in [0.25, 0.3) is 0 Å². The minimum atomic E-state index is -2.26. The minimum Gasteiger partial charge on any atom is -0.244 e. The van der Waals surface area contributed by atoms with Crippen molar-refractivity contribution in [3.63, 3.8) is 0 Å². The first-order valence-corrected chi connectivity index (χ1v) is 12.1. The maximum atomic E-state index is 4.99. The topological polar surface area (TPSA) is 25.8 Å². The molecule has 0 atom stereocenters. The van der Waals surface area contributed by atoms with Crippen LogP contribution in [0.2, 0.25) is 0 Å². The highest BCUT2D eigenvalue weighted by Crippen LogP contribution is 2.55. The van der Waals surface area contributed by atoms with E-state index in [0.717, 1.165) is 16.6 Å². The van der Waals surface area contributed by atoms with E-state index in [-0.39, 0.29) is 0 Å². The second kappa shape index (κ2) is 8.63. The molecular formula is C28H22N2P+. The highest BCUT2D eigenvalue weighted by molar-refractivity contribution is 8.01. The van der Waals surface area contributed by atoms with Gasteiger partial charge in [0.1, 0.15) is 22.2 Å². The van der Waals surface area contributed by atoms with Crippen LogP contribution in [0.4, 0.5) is 0 Å². The van der Waals surface area contributed by atoms with E-state index in [0.29, 0.717) is 0 Å². The maximum Gasteiger partial charge on any atom is 0.209 e. The summed E-state index contributed by atoms with van der Waals surface area (Å²) in [7, 11) is -2.26. The van der Waals surface area contributed by atoms with E-state index < -0.39 is 7.26 Å². The second-order valence-electron chi connectivity index (χ2n) is 7.30. The number of nitrogens with zero attached hydrogens (tertiary/aromatic N) is 2. The van der Waals surface area contributed by atoms with Crippen molar-refractivity contribution in [2.75, 3.05) is 0 Å². The summed E-state index contributed by atoms with van der Waals surface area (Å²) in [4.78, 5) is 9.42. The van der Waals surface area contributed by atoms with Gasteiger partial charge in [-0.3, -0.25) is 0 Å². The standard InChI is InChI=1S/C28H22N2P/c1-5-13-23(14-6-1)27-21-29-22-30-28(27)31(24-15-7-2-8-16-24,25-17-9-3-10-18-25)26-19-11-4-12-20-26/h1-22H/q+1. The molecule has 3 heteroatoms. The van der Waals surface area contributed by atoms with Gasteiger partial charge in [-0.2, -0.15) is 0 Å². The van der Waals surface area contributed by atoms with Crippen molar-refractivity contribution < 1.29 is 0 Å². The van der Waals surface area contributed by atoms with Crippen molar-refractivity contribution in [1.29, 1.82) is 0 Å². The van der Waals surface area contributed by atoms with Crippen LogP contribution in [0.1, 0.15) is 0 Å². The van der Waals surface area contributed by atoms with E-state index in [1.54, 1.807) is 6.33 Å². The first-order valence-electron chi connectivity index (χ1n) is 10.3. The smallest absolute Gasteiger partial charge is 0.209 e. The Hall–Kier alpha value is -3.61. The molecule has 31 heavy (non-hydrogen) atoms. The molecule has 0 aliphatic heterocycles. The Bertz CT molecular complexity index is 1160. The van der Waals surface area contributed by atoms with Gasteiger partial charge in [0, 0.05) is 6.20 Å². The predicted molar refractivity (Wildman–Crippen MR) is 132 cm³/mol. The number of rotatable bonds is 5. The quantitative estimate of drug-likeness (QED) is 0.385. The summed E-state index contributed by atoms with van der Waals surface area (Å²) >= 11 is 0. The molecule has 0 bridgehead atoms. The highest BCUT2D eigenvalue weighted by atomic mass is 31.2. The van der Waals surface area contributed by atoms with Crippen molar-refractivity contribution in [2.45, 2.75) is 0 Å². The van der Waals surface area contributed by atoms with Crippen LogP contribution in [-0.4, -0.2) is 9.97 Å². The zero-order chi connectivity index (χ0) is 20.9. The van der Waals surface area contributed by atoms with Crippen molar-refractivity contribution in [1.82, 2.24) is 9.97 Å². The molecule has 148 valence electrons. The van der Waals surface area contributed by atoms with Gasteiger partial charge >= 0.3 is 0 Å². The lowest BCUT2D eigenvalue weighted by Gasteiger charge is -2.27. The van der Waals surface area contributed by atoms with Gasteiger partial charge in [-0.1, -0.05) is 84.9 Å². The summed E-state index contributed by atoms with van der Waals surface area (Å²) in [6.45, 7) is 0. The molecule has 1 heterocycles. The first-order chi connectivity index (χ1) is 15.4. The first kappa shape index (κ1) is 19.4. The molecular weight excluding hydrogens is 395 g/mol. The summed E-state index contributed by atoms with van der Waals surface area (Å²) in [5.41, 5.74) is 3.29. The molecule has 0 saturated carbocycles. The van der Waals surface area contributed by atoms with E-state index in [4.69, 9.17) is 4.98 Å². The lowest BCUT2D eigenvalue weighted by molar-refractivity contribution is 1.20. The maximum absolute atomic E-state index is 4.99. The van der Waals surface area contributed by atoms with Crippen LogP contribution in [0.5, 0.6) is 0 Å². The van der Waals surface area contributed by atoms with E-state index in [1.807, 2.05) is 12.3 Å². The van der Waals surface area contributed by atoms with Gasteiger partial charge < -0.3 is 0 Å². The molecule has 0 amide bonds. The second-order valence-corrected chi connectivity index (χ2v) is 10.6. The molecule has 0 aliphatic rings. The van der Waals surface area contributed by atoms with Crippen LogP contribution in [0.25, 0.3) is 11.1 Å². The molecule has 0 radical (unpaired) electrons. The fourth-order valence-electron chi connectivity index (χ4n) is 4.18. The Balaban J connectivity index is 1.94. The average molecular weight is 417 g/mol. The van der Waals surface area contributed by atoms with Crippen LogP contribution in [0.3, 0.4) is 0 Å². The predicted octanol–water partition coefficient (Wildman–Crippen LogP) is 4.76. The highest BCUT2D eigenvalue weighted by Gasteiger charge is 2.50. The number of aromatic nitrogens is 2. The molecule has 0 N–H and O–H groups in total. The molecule has 1 aromatic heterocycles. The van der Waals surface area contributed by atoms with Gasteiger partial charge in [-0.15, -0.1) is 0 Å². The van der Waals surface area contributed by atoms with E-state index in [2.05, 4.69) is 120 Å². The zero-order valence-corrected chi connectivity index (χ0v) is 17.9. The third-order valence-electron chi connectivity index (χ3n) is 5.52. The van der Waals surface area contributed by atoms with E-state index >= 15 is 0 Å². The lowest BCUT2D eigenvalue weighted by atomic mass is 10.1. The van der Waals surface area contributed by atoms with Crippen molar-refractivity contribution in [2.24, 2.45) is 0 Å². The Morgan fingerprint density at radius 1 is 0.484 bits per heavy atom. The molecule has 2 nitrogen and oxygen atoms in total. The van der Waals surface area contributed by atoms with E-state index in [1.165, 1.54) is 15.9 Å². The minimum absolute atomic E-state index is 1.08. The van der Waals surface area contributed by atoms with Crippen molar-refractivity contribution in [3.05, 3.63) is 134 Å². The summed E-state index contributed by atoms with van der Waals surface area (Å²) < 4.78 is 0. The van der Waals surface area contributed by atoms with Gasteiger partial charge in [0.2, 0.25) is 5.44 Å². The molecule has 0 aliphatic carbocycles. The fraction of sp³-hybridized carbons (Fsp3) is 0. The van der Waals surface area contributed by atoms with Gasteiger partial charge in [0.05, 0.1) is 5.56 Å².